The fraction of sp³-hybridized carbons (Fsp3) is 0.472. The number of benzene rings is 2. The SMILES string of the molecule is C=CCN(Cc1ccccc1)C(=O)[C@H]1[C@H]2C(=O)N([C@@H](CO)CC(C)C)C(C(=O)N(CC=C)c3ccc(OC)cc3)C23CC(Br)[C@@H]1O3. The number of nitrogens with zero attached hydrogens (tertiary/aromatic N) is 3. The average Bonchev–Trinajstić information content (AvgIpc) is 3.65. The van der Waals surface area contributed by atoms with Crippen molar-refractivity contribution in [3.63, 3.8) is 0 Å². The van der Waals surface area contributed by atoms with Crippen LogP contribution < -0.4 is 9.64 Å². The quantitative estimate of drug-likeness (QED) is 0.230. The third-order valence-corrected chi connectivity index (χ3v) is 10.3. The molecule has 46 heavy (non-hydrogen) atoms. The Morgan fingerprint density at radius 3 is 2.37 bits per heavy atom. The molecule has 246 valence electrons. The lowest BCUT2D eigenvalue weighted by molar-refractivity contribution is -0.147. The van der Waals surface area contributed by atoms with E-state index in [0.29, 0.717) is 37.4 Å². The minimum Gasteiger partial charge on any atom is -0.497 e. The van der Waals surface area contributed by atoms with Crippen molar-refractivity contribution >= 4 is 39.3 Å². The molecule has 0 radical (unpaired) electrons. The van der Waals surface area contributed by atoms with E-state index >= 15 is 0 Å². The Hall–Kier alpha value is -3.47. The number of likely N-dealkylation sites (tertiary alicyclic amines) is 1. The molecule has 0 saturated carbocycles. The Kier molecular flexibility index (Phi) is 10.4. The predicted octanol–water partition coefficient (Wildman–Crippen LogP) is 4.58. The van der Waals surface area contributed by atoms with Gasteiger partial charge in [-0.05, 0) is 48.6 Å². The van der Waals surface area contributed by atoms with Gasteiger partial charge in [0.25, 0.3) is 5.91 Å². The molecule has 0 aliphatic carbocycles. The van der Waals surface area contributed by atoms with Gasteiger partial charge in [-0.1, -0.05) is 72.3 Å². The van der Waals surface area contributed by atoms with Crippen LogP contribution in [0.25, 0.3) is 0 Å². The molecule has 2 bridgehead atoms. The van der Waals surface area contributed by atoms with E-state index in [1.54, 1.807) is 58.2 Å². The Morgan fingerprint density at radius 2 is 1.78 bits per heavy atom. The standard InChI is InChI=1S/C36H44BrN3O6/c1-6-17-38(21-24-11-9-8-10-12-24)33(42)29-30-34(43)40(26(22-41)19-23(3)4)32(36(30)20-28(37)31(29)46-36)35(44)39(18-7-2)25-13-15-27(45-5)16-14-25/h6-16,23,26,28-32,41H,1-2,17-22H2,3-5H3/t26-,28?,29+,30+,31+,32?,36?/m1/s1. The monoisotopic (exact) mass is 693 g/mol. The minimum absolute atomic E-state index is 0.136. The highest BCUT2D eigenvalue weighted by Crippen LogP contribution is 2.61. The van der Waals surface area contributed by atoms with Crippen LogP contribution in [-0.4, -0.2) is 88.0 Å². The largest absolute Gasteiger partial charge is 0.497 e. The summed E-state index contributed by atoms with van der Waals surface area (Å²) in [4.78, 5) is 48.8. The number of fused-ring (bicyclic) bond motifs is 1. The Balaban J connectivity index is 1.59. The van der Waals surface area contributed by atoms with Gasteiger partial charge in [0.2, 0.25) is 11.8 Å². The van der Waals surface area contributed by atoms with Crippen molar-refractivity contribution in [1.29, 1.82) is 0 Å². The first-order valence-electron chi connectivity index (χ1n) is 15.9. The fourth-order valence-electron chi connectivity index (χ4n) is 7.61. The number of amides is 3. The molecule has 3 amide bonds. The number of carbonyl (C=O) groups excluding carboxylic acids is 3. The second-order valence-corrected chi connectivity index (χ2v) is 14.0. The molecule has 1 N–H and O–H groups in total. The number of aliphatic hydroxyl groups is 1. The van der Waals surface area contributed by atoms with E-state index in [0.717, 1.165) is 5.56 Å². The molecule has 5 rings (SSSR count). The molecule has 9 nitrogen and oxygen atoms in total. The van der Waals surface area contributed by atoms with Crippen LogP contribution in [0.4, 0.5) is 5.69 Å². The zero-order chi connectivity index (χ0) is 33.2. The summed E-state index contributed by atoms with van der Waals surface area (Å²) in [5, 5.41) is 10.7. The number of aliphatic hydroxyl groups excluding tert-OH is 1. The minimum atomic E-state index is -1.27. The number of rotatable bonds is 14. The van der Waals surface area contributed by atoms with Gasteiger partial charge in [-0.3, -0.25) is 14.4 Å². The zero-order valence-electron chi connectivity index (χ0n) is 26.8. The van der Waals surface area contributed by atoms with Crippen LogP contribution in [-0.2, 0) is 25.7 Å². The van der Waals surface area contributed by atoms with Crippen molar-refractivity contribution < 1.29 is 29.0 Å². The van der Waals surface area contributed by atoms with E-state index in [1.165, 1.54) is 0 Å². The molecule has 3 unspecified atom stereocenters. The normalized spacial score (nSPS) is 27.0. The van der Waals surface area contributed by atoms with Gasteiger partial charge in [0, 0.05) is 30.1 Å². The molecule has 2 aromatic rings. The number of ether oxygens (including phenoxy) is 2. The lowest BCUT2D eigenvalue weighted by atomic mass is 9.70. The molecule has 0 aromatic heterocycles. The second kappa shape index (κ2) is 14.1. The molecular formula is C36H44BrN3O6. The van der Waals surface area contributed by atoms with Gasteiger partial charge in [0.05, 0.1) is 37.7 Å². The molecule has 3 saturated heterocycles. The van der Waals surface area contributed by atoms with Gasteiger partial charge in [0.15, 0.2) is 0 Å². The van der Waals surface area contributed by atoms with Crippen molar-refractivity contribution in [1.82, 2.24) is 9.80 Å². The lowest BCUT2D eigenvalue weighted by Crippen LogP contribution is -2.59. The van der Waals surface area contributed by atoms with Crippen molar-refractivity contribution in [2.45, 2.75) is 61.8 Å². The van der Waals surface area contributed by atoms with Crippen LogP contribution in [0.2, 0.25) is 0 Å². The van der Waals surface area contributed by atoms with Crippen molar-refractivity contribution in [3.05, 3.63) is 85.5 Å². The van der Waals surface area contributed by atoms with Crippen LogP contribution in [0.15, 0.2) is 79.9 Å². The van der Waals surface area contributed by atoms with E-state index in [2.05, 4.69) is 29.1 Å². The van der Waals surface area contributed by atoms with Crippen LogP contribution >= 0.6 is 15.9 Å². The van der Waals surface area contributed by atoms with E-state index in [9.17, 15) is 19.5 Å². The van der Waals surface area contributed by atoms with Gasteiger partial charge in [-0.2, -0.15) is 0 Å². The number of carbonyl (C=O) groups is 3. The number of halogens is 1. The molecule has 10 heteroatoms. The molecule has 3 aliphatic rings. The fourth-order valence-corrected chi connectivity index (χ4v) is 8.55. The van der Waals surface area contributed by atoms with Crippen LogP contribution in [0.1, 0.15) is 32.3 Å². The first-order chi connectivity index (χ1) is 22.1. The molecule has 3 heterocycles. The summed E-state index contributed by atoms with van der Waals surface area (Å²) in [6.45, 7) is 12.3. The first kappa shape index (κ1) is 33.9. The van der Waals surface area contributed by atoms with E-state index in [1.807, 2.05) is 44.2 Å². The third kappa shape index (κ3) is 6.02. The van der Waals surface area contributed by atoms with Crippen LogP contribution in [0.5, 0.6) is 5.75 Å². The third-order valence-electron chi connectivity index (χ3n) is 9.43. The first-order valence-corrected chi connectivity index (χ1v) is 16.8. The van der Waals surface area contributed by atoms with Gasteiger partial charge in [-0.15, -0.1) is 13.2 Å². The molecule has 3 fully saturated rings. The highest BCUT2D eigenvalue weighted by atomic mass is 79.9. The Labute approximate surface area is 280 Å². The number of hydrogen-bond donors (Lipinski definition) is 1. The van der Waals surface area contributed by atoms with Crippen molar-refractivity contribution in [2.24, 2.45) is 17.8 Å². The molecule has 7 atom stereocenters. The van der Waals surface area contributed by atoms with E-state index < -0.39 is 35.6 Å². The van der Waals surface area contributed by atoms with Gasteiger partial charge >= 0.3 is 0 Å². The van der Waals surface area contributed by atoms with Crippen molar-refractivity contribution in [3.8, 4) is 5.75 Å². The lowest BCUT2D eigenvalue weighted by Gasteiger charge is -2.40. The summed E-state index contributed by atoms with van der Waals surface area (Å²) < 4.78 is 12.1. The van der Waals surface area contributed by atoms with Crippen molar-refractivity contribution in [2.75, 3.05) is 31.7 Å². The Bertz CT molecular complexity index is 1430. The number of alkyl halides is 1. The summed E-state index contributed by atoms with van der Waals surface area (Å²) in [6, 6.07) is 15.1. The van der Waals surface area contributed by atoms with Gasteiger partial charge < -0.3 is 29.3 Å². The maximum absolute atomic E-state index is 14.9. The number of hydrogen-bond acceptors (Lipinski definition) is 6. The van der Waals surface area contributed by atoms with Crippen LogP contribution in [0.3, 0.4) is 0 Å². The van der Waals surface area contributed by atoms with E-state index in [-0.39, 0.29) is 41.6 Å². The van der Waals surface area contributed by atoms with Crippen LogP contribution in [0, 0.1) is 17.8 Å². The predicted molar refractivity (Wildman–Crippen MR) is 180 cm³/mol. The topological polar surface area (TPSA) is 99.6 Å². The maximum Gasteiger partial charge on any atom is 0.253 e. The Morgan fingerprint density at radius 1 is 1.11 bits per heavy atom. The second-order valence-electron chi connectivity index (χ2n) is 12.8. The van der Waals surface area contributed by atoms with Gasteiger partial charge in [0.1, 0.15) is 17.4 Å². The average molecular weight is 695 g/mol. The highest BCUT2D eigenvalue weighted by molar-refractivity contribution is 9.09. The molecular weight excluding hydrogens is 650 g/mol. The molecule has 1 spiro atoms. The summed E-state index contributed by atoms with van der Waals surface area (Å²) in [6.07, 6.45) is 3.57. The summed E-state index contributed by atoms with van der Waals surface area (Å²) >= 11 is 3.78. The summed E-state index contributed by atoms with van der Waals surface area (Å²) in [5.41, 5.74) is 0.296. The number of methoxy groups -OCH3 is 1. The van der Waals surface area contributed by atoms with E-state index in [4.69, 9.17) is 9.47 Å². The highest BCUT2D eigenvalue weighted by Gasteiger charge is 2.77. The molecule has 3 aliphatic heterocycles. The smallest absolute Gasteiger partial charge is 0.253 e. The zero-order valence-corrected chi connectivity index (χ0v) is 28.3. The summed E-state index contributed by atoms with van der Waals surface area (Å²) in [5.74, 6) is -1.82. The number of anilines is 1. The maximum atomic E-state index is 14.9. The van der Waals surface area contributed by atoms with Gasteiger partial charge in [-0.25, -0.2) is 0 Å². The molecule has 2 aromatic carbocycles. The summed E-state index contributed by atoms with van der Waals surface area (Å²) in [7, 11) is 1.57.